The lowest BCUT2D eigenvalue weighted by Crippen LogP contribution is -2.06. The van der Waals surface area contributed by atoms with E-state index in [2.05, 4.69) is 15.2 Å². The molecule has 0 radical (unpaired) electrons. The molecular weight excluding hydrogens is 432 g/mol. The molecule has 14 heteroatoms. The molecule has 0 aliphatic heterocycles. The standard InChI is InChI=1S/C15H10ClF6N5O2/c1-26-12(5-8(24-26)14(17,18)19)28-7-3-10(16)23-11(4-7)29-13-6-9(15(20,21)22)25-27(13)2/h3-6H,1-2H3. The van der Waals surface area contributed by atoms with E-state index in [4.69, 9.17) is 21.1 Å². The molecule has 156 valence electrons. The molecule has 3 aromatic heterocycles. The molecule has 0 aliphatic rings. The highest BCUT2D eigenvalue weighted by Crippen LogP contribution is 2.35. The van der Waals surface area contributed by atoms with Crippen molar-refractivity contribution in [2.24, 2.45) is 14.1 Å². The number of hydrogen-bond acceptors (Lipinski definition) is 5. The molecule has 3 heterocycles. The second-order valence-electron chi connectivity index (χ2n) is 5.65. The lowest BCUT2D eigenvalue weighted by molar-refractivity contribution is -0.142. The summed E-state index contributed by atoms with van der Waals surface area (Å²) in [7, 11) is 2.46. The quantitative estimate of drug-likeness (QED) is 0.429. The van der Waals surface area contributed by atoms with Gasteiger partial charge < -0.3 is 9.47 Å². The average Bonchev–Trinajstić information content (AvgIpc) is 3.10. The van der Waals surface area contributed by atoms with Crippen molar-refractivity contribution < 1.29 is 35.8 Å². The SMILES string of the molecule is Cn1nc(C(F)(F)F)cc1Oc1cc(Cl)nc(Oc2cc(C(F)(F)F)nn2C)c1. The van der Waals surface area contributed by atoms with Crippen LogP contribution in [0, 0.1) is 0 Å². The van der Waals surface area contributed by atoms with Gasteiger partial charge in [0.05, 0.1) is 0 Å². The zero-order valence-electron chi connectivity index (χ0n) is 14.5. The highest BCUT2D eigenvalue weighted by atomic mass is 35.5. The monoisotopic (exact) mass is 441 g/mol. The number of alkyl halides is 6. The van der Waals surface area contributed by atoms with Crippen LogP contribution in [0.3, 0.4) is 0 Å². The Morgan fingerprint density at radius 1 is 0.793 bits per heavy atom. The normalized spacial score (nSPS) is 12.3. The summed E-state index contributed by atoms with van der Waals surface area (Å²) in [6.07, 6.45) is -9.34. The fraction of sp³-hybridized carbons (Fsp3) is 0.267. The maximum Gasteiger partial charge on any atom is 0.435 e. The molecule has 7 nitrogen and oxygen atoms in total. The van der Waals surface area contributed by atoms with E-state index in [1.165, 1.54) is 20.2 Å². The van der Waals surface area contributed by atoms with Gasteiger partial charge in [-0.3, -0.25) is 0 Å². The van der Waals surface area contributed by atoms with Crippen LogP contribution in [0.15, 0.2) is 24.3 Å². The lowest BCUT2D eigenvalue weighted by atomic mass is 10.4. The smallest absolute Gasteiger partial charge is 0.435 e. The average molecular weight is 442 g/mol. The number of aryl methyl sites for hydroxylation is 2. The van der Waals surface area contributed by atoms with Crippen molar-refractivity contribution in [3.8, 4) is 23.4 Å². The maximum absolute atomic E-state index is 12.7. The first kappa shape index (κ1) is 20.8. The van der Waals surface area contributed by atoms with Gasteiger partial charge in [0.25, 0.3) is 0 Å². The largest absolute Gasteiger partial charge is 0.439 e. The molecular formula is C15H10ClF6N5O2. The molecule has 3 aromatic rings. The number of aromatic nitrogens is 5. The Bertz CT molecular complexity index is 964. The molecule has 0 amide bonds. The highest BCUT2D eigenvalue weighted by molar-refractivity contribution is 6.29. The van der Waals surface area contributed by atoms with E-state index in [0.717, 1.165) is 15.4 Å². The van der Waals surface area contributed by atoms with E-state index in [-0.39, 0.29) is 28.5 Å². The van der Waals surface area contributed by atoms with Gasteiger partial charge in [0.1, 0.15) is 10.9 Å². The summed E-state index contributed by atoms with van der Waals surface area (Å²) in [6, 6.07) is 3.64. The Morgan fingerprint density at radius 3 is 1.72 bits per heavy atom. The first-order valence-electron chi connectivity index (χ1n) is 7.58. The Labute approximate surface area is 163 Å². The Balaban J connectivity index is 1.86. The molecule has 0 unspecified atom stereocenters. The maximum atomic E-state index is 12.7. The van der Waals surface area contributed by atoms with Crippen molar-refractivity contribution in [1.82, 2.24) is 24.5 Å². The van der Waals surface area contributed by atoms with Gasteiger partial charge in [-0.25, -0.2) is 14.3 Å². The van der Waals surface area contributed by atoms with Crippen molar-refractivity contribution >= 4 is 11.6 Å². The second-order valence-corrected chi connectivity index (χ2v) is 6.03. The third-order valence-corrected chi connectivity index (χ3v) is 3.62. The molecule has 3 rings (SSSR count). The number of ether oxygens (including phenoxy) is 2. The topological polar surface area (TPSA) is 67.0 Å². The minimum absolute atomic E-state index is 0.0741. The van der Waals surface area contributed by atoms with Gasteiger partial charge in [-0.2, -0.15) is 36.5 Å². The number of nitrogens with zero attached hydrogens (tertiary/aromatic N) is 5. The summed E-state index contributed by atoms with van der Waals surface area (Å²) < 4.78 is 88.7. The summed E-state index contributed by atoms with van der Waals surface area (Å²) in [5.74, 6) is -0.888. The van der Waals surface area contributed by atoms with E-state index in [9.17, 15) is 26.3 Å². The van der Waals surface area contributed by atoms with Crippen LogP contribution in [0.25, 0.3) is 0 Å². The minimum atomic E-state index is -4.68. The molecule has 0 aromatic carbocycles. The summed E-state index contributed by atoms with van der Waals surface area (Å²) in [5, 5.41) is 6.41. The van der Waals surface area contributed by atoms with Gasteiger partial charge in [-0.1, -0.05) is 11.6 Å². The van der Waals surface area contributed by atoms with E-state index in [1.54, 1.807) is 0 Å². The molecule has 0 spiro atoms. The number of halogens is 7. The van der Waals surface area contributed by atoms with E-state index >= 15 is 0 Å². The molecule has 0 saturated carbocycles. The first-order chi connectivity index (χ1) is 13.3. The predicted octanol–water partition coefficient (Wildman–Crippen LogP) is 4.82. The minimum Gasteiger partial charge on any atom is -0.439 e. The van der Waals surface area contributed by atoms with Crippen LogP contribution >= 0.6 is 11.6 Å². The predicted molar refractivity (Wildman–Crippen MR) is 85.8 cm³/mol. The number of hydrogen-bond donors (Lipinski definition) is 0. The Morgan fingerprint density at radius 2 is 1.28 bits per heavy atom. The number of rotatable bonds is 4. The van der Waals surface area contributed by atoms with Crippen LogP contribution in [0.1, 0.15) is 11.4 Å². The molecule has 0 saturated heterocycles. The highest BCUT2D eigenvalue weighted by Gasteiger charge is 2.36. The van der Waals surface area contributed by atoms with Crippen LogP contribution in [-0.2, 0) is 26.4 Å². The van der Waals surface area contributed by atoms with Gasteiger partial charge in [-0.05, 0) is 0 Å². The van der Waals surface area contributed by atoms with Crippen molar-refractivity contribution in [2.75, 3.05) is 0 Å². The summed E-state index contributed by atoms with van der Waals surface area (Å²) in [5.41, 5.74) is -2.34. The van der Waals surface area contributed by atoms with Crippen LogP contribution < -0.4 is 9.47 Å². The zero-order valence-corrected chi connectivity index (χ0v) is 15.3. The first-order valence-corrected chi connectivity index (χ1v) is 7.96. The fourth-order valence-electron chi connectivity index (χ4n) is 2.16. The number of pyridine rings is 1. The van der Waals surface area contributed by atoms with Gasteiger partial charge >= 0.3 is 12.4 Å². The molecule has 0 bridgehead atoms. The van der Waals surface area contributed by atoms with Crippen LogP contribution in [0.5, 0.6) is 23.4 Å². The summed E-state index contributed by atoms with van der Waals surface area (Å²) in [6.45, 7) is 0. The van der Waals surface area contributed by atoms with E-state index in [0.29, 0.717) is 12.1 Å². The third kappa shape index (κ3) is 4.72. The van der Waals surface area contributed by atoms with Crippen molar-refractivity contribution in [3.63, 3.8) is 0 Å². The summed E-state index contributed by atoms with van der Waals surface area (Å²) in [4.78, 5) is 3.79. The van der Waals surface area contributed by atoms with Crippen LogP contribution in [0.2, 0.25) is 5.15 Å². The van der Waals surface area contributed by atoms with Gasteiger partial charge in [-0.15, -0.1) is 0 Å². The Hall–Kier alpha value is -2.96. The Kier molecular flexibility index (Phi) is 5.11. The van der Waals surface area contributed by atoms with Gasteiger partial charge in [0.15, 0.2) is 11.4 Å². The zero-order chi connectivity index (χ0) is 21.6. The van der Waals surface area contributed by atoms with Crippen molar-refractivity contribution in [1.29, 1.82) is 0 Å². The third-order valence-electron chi connectivity index (χ3n) is 3.43. The molecule has 0 aliphatic carbocycles. The molecule has 0 atom stereocenters. The molecule has 29 heavy (non-hydrogen) atoms. The van der Waals surface area contributed by atoms with Gasteiger partial charge in [0, 0.05) is 38.4 Å². The fourth-order valence-corrected chi connectivity index (χ4v) is 2.35. The second kappa shape index (κ2) is 7.13. The summed E-state index contributed by atoms with van der Waals surface area (Å²) >= 11 is 5.84. The molecule has 0 N–H and O–H groups in total. The molecule has 0 fully saturated rings. The van der Waals surface area contributed by atoms with Crippen LogP contribution in [-0.4, -0.2) is 24.5 Å². The van der Waals surface area contributed by atoms with Crippen molar-refractivity contribution in [2.45, 2.75) is 12.4 Å². The van der Waals surface area contributed by atoms with E-state index < -0.39 is 23.7 Å². The van der Waals surface area contributed by atoms with Crippen LogP contribution in [0.4, 0.5) is 26.3 Å². The van der Waals surface area contributed by atoms with Gasteiger partial charge in [0.2, 0.25) is 17.6 Å². The van der Waals surface area contributed by atoms with Crippen molar-refractivity contribution in [3.05, 3.63) is 40.8 Å². The van der Waals surface area contributed by atoms with E-state index in [1.807, 2.05) is 0 Å². The lowest BCUT2D eigenvalue weighted by Gasteiger charge is -2.09.